The normalized spacial score (nSPS) is 26.8. The number of hydrogen-bond donors (Lipinski definition) is 1. The van der Waals surface area contributed by atoms with Crippen molar-refractivity contribution in [1.82, 2.24) is 25.0 Å². The molecule has 0 unspecified atom stereocenters. The second-order valence-electron chi connectivity index (χ2n) is 13.7. The summed E-state index contributed by atoms with van der Waals surface area (Å²) < 4.78 is 19.5. The van der Waals surface area contributed by atoms with Gasteiger partial charge in [-0.1, -0.05) is 26.0 Å². The summed E-state index contributed by atoms with van der Waals surface area (Å²) in [6, 6.07) is 7.67. The third kappa shape index (κ3) is 6.39. The van der Waals surface area contributed by atoms with Crippen molar-refractivity contribution in [2.24, 2.45) is 17.8 Å². The number of amides is 2. The van der Waals surface area contributed by atoms with E-state index in [2.05, 4.69) is 25.2 Å². The van der Waals surface area contributed by atoms with Gasteiger partial charge in [-0.2, -0.15) is 5.10 Å². The molecule has 1 aromatic carbocycles. The van der Waals surface area contributed by atoms with E-state index in [1.54, 1.807) is 30.7 Å². The first-order valence-corrected chi connectivity index (χ1v) is 17.2. The number of nitrogens with one attached hydrogen (secondary N) is 1. The van der Waals surface area contributed by atoms with Gasteiger partial charge in [0.25, 0.3) is 0 Å². The molecule has 3 aliphatic rings. The monoisotopic (exact) mass is 657 g/mol. The molecule has 48 heavy (non-hydrogen) atoms. The maximum Gasteiger partial charge on any atom is 0.332 e. The summed E-state index contributed by atoms with van der Waals surface area (Å²) in [7, 11) is 3.44. The first kappa shape index (κ1) is 33.5. The van der Waals surface area contributed by atoms with E-state index in [0.717, 1.165) is 41.4 Å². The van der Waals surface area contributed by atoms with Gasteiger partial charge in [-0.25, -0.2) is 14.5 Å². The van der Waals surface area contributed by atoms with Crippen LogP contribution in [0.1, 0.15) is 76.5 Å². The van der Waals surface area contributed by atoms with Crippen molar-refractivity contribution in [3.05, 3.63) is 53.9 Å². The summed E-state index contributed by atoms with van der Waals surface area (Å²) in [6.45, 7) is 8.74. The number of benzene rings is 1. The van der Waals surface area contributed by atoms with Crippen LogP contribution < -0.4 is 14.8 Å². The van der Waals surface area contributed by atoms with E-state index in [-0.39, 0.29) is 30.3 Å². The minimum absolute atomic E-state index is 0.0787. The average Bonchev–Trinajstić information content (AvgIpc) is 3.37. The number of hydrogen-bond acceptors (Lipinski definition) is 8. The van der Waals surface area contributed by atoms with Crippen LogP contribution in [0.5, 0.6) is 11.5 Å². The van der Waals surface area contributed by atoms with Crippen LogP contribution in [0.3, 0.4) is 0 Å². The van der Waals surface area contributed by atoms with E-state index in [9.17, 15) is 14.4 Å². The van der Waals surface area contributed by atoms with Crippen LogP contribution in [0.4, 0.5) is 0 Å². The van der Waals surface area contributed by atoms with Crippen molar-refractivity contribution in [2.45, 2.75) is 83.8 Å². The van der Waals surface area contributed by atoms with Crippen molar-refractivity contribution < 1.29 is 28.6 Å². The Hall–Kier alpha value is -4.41. The lowest BCUT2D eigenvalue weighted by Gasteiger charge is -2.26. The molecule has 1 aliphatic heterocycles. The fourth-order valence-electron chi connectivity index (χ4n) is 7.19. The van der Waals surface area contributed by atoms with Crippen LogP contribution in [0, 0.1) is 24.7 Å². The molecule has 0 spiro atoms. The zero-order chi connectivity index (χ0) is 34.2. The molecule has 5 atom stereocenters. The minimum Gasteiger partial charge on any atom is -0.496 e. The molecule has 2 amide bonds. The van der Waals surface area contributed by atoms with Crippen molar-refractivity contribution in [2.75, 3.05) is 27.3 Å². The summed E-state index contributed by atoms with van der Waals surface area (Å²) in [5, 5.41) is 8.61. The summed E-state index contributed by atoms with van der Waals surface area (Å²) in [4.78, 5) is 47.9. The number of carbonyl (C=O) groups excluding carboxylic acids is 3. The minimum atomic E-state index is -1.10. The number of allylic oxidation sites excluding steroid dienone is 1. The lowest BCUT2D eigenvalue weighted by Crippen LogP contribution is -2.50. The lowest BCUT2D eigenvalue weighted by molar-refractivity contribution is -0.150. The van der Waals surface area contributed by atoms with E-state index < -0.39 is 29.4 Å². The van der Waals surface area contributed by atoms with E-state index in [1.165, 1.54) is 0 Å². The second-order valence-corrected chi connectivity index (χ2v) is 13.7. The van der Waals surface area contributed by atoms with Crippen LogP contribution >= 0.6 is 0 Å². The Kier molecular flexibility index (Phi) is 9.49. The topological polar surface area (TPSA) is 125 Å². The molecule has 0 bridgehead atoms. The molecule has 2 aromatic heterocycles. The first-order valence-electron chi connectivity index (χ1n) is 17.2. The average molecular weight is 658 g/mol. The maximum atomic E-state index is 14.1. The Labute approximate surface area is 282 Å². The number of ether oxygens (including phenoxy) is 3. The Morgan fingerprint density at radius 1 is 1.12 bits per heavy atom. The zero-order valence-electron chi connectivity index (χ0n) is 28.8. The predicted molar refractivity (Wildman–Crippen MR) is 181 cm³/mol. The molecule has 1 N–H and O–H groups in total. The van der Waals surface area contributed by atoms with Crippen LogP contribution in [-0.2, 0) is 19.1 Å². The van der Waals surface area contributed by atoms with Gasteiger partial charge in [-0.05, 0) is 76.5 Å². The molecule has 11 heteroatoms. The number of carbonyl (C=O) groups is 3. The largest absolute Gasteiger partial charge is 0.496 e. The molecule has 3 aromatic rings. The van der Waals surface area contributed by atoms with Gasteiger partial charge in [-0.15, -0.1) is 0 Å². The second kappa shape index (κ2) is 13.6. The molecule has 6 rings (SSSR count). The number of rotatable bonds is 7. The number of esters is 1. The number of pyridine rings is 1. The Morgan fingerprint density at radius 3 is 2.65 bits per heavy atom. The highest BCUT2D eigenvalue weighted by molar-refractivity contribution is 5.95. The number of fused-ring (bicyclic) bond motifs is 3. The van der Waals surface area contributed by atoms with Gasteiger partial charge in [0.2, 0.25) is 11.8 Å². The van der Waals surface area contributed by atoms with E-state index in [1.807, 2.05) is 43.5 Å². The van der Waals surface area contributed by atoms with Gasteiger partial charge < -0.3 is 24.4 Å². The third-order valence-electron chi connectivity index (χ3n) is 10.1. The molecule has 2 fully saturated rings. The summed E-state index contributed by atoms with van der Waals surface area (Å²) in [5.41, 5.74) is 1.43. The number of aryl methyl sites for hydroxylation is 1. The Morgan fingerprint density at radius 2 is 1.92 bits per heavy atom. The molecule has 3 heterocycles. The Balaban J connectivity index is 1.34. The van der Waals surface area contributed by atoms with Crippen LogP contribution in [0.25, 0.3) is 16.7 Å². The SMILES string of the molecule is CCOC(=O)[C@@]12C[C@H]1/C=C\CCCCN(C)C(=O)[C@@H]1C[C@H](Oc3cc(-n4ccc(C(C)C)n4)nc4c(C)c(OC)ccc34)C[C@H]1C(=O)N2. The van der Waals surface area contributed by atoms with Gasteiger partial charge in [0.15, 0.2) is 5.82 Å². The smallest absolute Gasteiger partial charge is 0.332 e. The van der Waals surface area contributed by atoms with Crippen molar-refractivity contribution in [3.63, 3.8) is 0 Å². The molecule has 256 valence electrons. The molecule has 11 nitrogen and oxygen atoms in total. The maximum absolute atomic E-state index is 14.1. The molecular formula is C37H47N5O6. The number of methoxy groups -OCH3 is 1. The van der Waals surface area contributed by atoms with Crippen molar-refractivity contribution in [1.29, 1.82) is 0 Å². The highest BCUT2D eigenvalue weighted by atomic mass is 16.5. The van der Waals surface area contributed by atoms with Gasteiger partial charge >= 0.3 is 5.97 Å². The zero-order valence-corrected chi connectivity index (χ0v) is 28.8. The first-order chi connectivity index (χ1) is 23.1. The van der Waals surface area contributed by atoms with E-state index >= 15 is 0 Å². The fourth-order valence-corrected chi connectivity index (χ4v) is 7.19. The van der Waals surface area contributed by atoms with Crippen molar-refractivity contribution in [3.8, 4) is 17.3 Å². The van der Waals surface area contributed by atoms with Crippen LogP contribution in [0.15, 0.2) is 42.6 Å². The highest BCUT2D eigenvalue weighted by Crippen LogP contribution is 2.47. The predicted octanol–water partition coefficient (Wildman–Crippen LogP) is 5.27. The highest BCUT2D eigenvalue weighted by Gasteiger charge is 2.62. The standard InChI is InChI=1S/C37H47N5O6/c1-7-47-36(45)37-21-24(37)12-10-8-9-11-16-41(5)35(44)28-19-25(18-27(28)34(43)39-37)48-31-20-32(42-17-15-29(40-42)22(2)3)38-33-23(4)30(46-6)14-13-26(31)33/h10,12-15,17,20,22,24-25,27-28H,7-9,11,16,18-19,21H2,1-6H3,(H,39,43)/b12-10-/t24-,25-,27-,28-,37-/m1/s1. The van der Waals surface area contributed by atoms with E-state index in [4.69, 9.17) is 24.3 Å². The van der Waals surface area contributed by atoms with Crippen molar-refractivity contribution >= 4 is 28.7 Å². The van der Waals surface area contributed by atoms with E-state index in [0.29, 0.717) is 43.1 Å². The Bertz CT molecular complexity index is 1730. The van der Waals surface area contributed by atoms with Crippen LogP contribution in [0.2, 0.25) is 0 Å². The molecule has 2 saturated carbocycles. The third-order valence-corrected chi connectivity index (χ3v) is 10.1. The molecular weight excluding hydrogens is 610 g/mol. The van der Waals surface area contributed by atoms with Crippen LogP contribution in [-0.4, -0.2) is 76.4 Å². The summed E-state index contributed by atoms with van der Waals surface area (Å²) in [6.07, 6.45) is 9.36. The fraction of sp³-hybridized carbons (Fsp3) is 0.541. The van der Waals surface area contributed by atoms with Gasteiger partial charge in [0.05, 0.1) is 36.8 Å². The van der Waals surface area contributed by atoms with Gasteiger partial charge in [0, 0.05) is 42.7 Å². The molecule has 0 radical (unpaired) electrons. The number of aromatic nitrogens is 3. The number of nitrogens with zero attached hydrogens (tertiary/aromatic N) is 4. The summed E-state index contributed by atoms with van der Waals surface area (Å²) >= 11 is 0. The quantitative estimate of drug-likeness (QED) is 0.269. The lowest BCUT2D eigenvalue weighted by atomic mass is 9.93. The molecule has 2 aliphatic carbocycles. The van der Waals surface area contributed by atoms with Gasteiger partial charge in [0.1, 0.15) is 23.1 Å². The summed E-state index contributed by atoms with van der Waals surface area (Å²) in [5.74, 6) is -0.0626. The molecule has 0 saturated heterocycles. The van der Waals surface area contributed by atoms with Gasteiger partial charge in [-0.3, -0.25) is 9.59 Å².